The topological polar surface area (TPSA) is 59.2 Å². The Hall–Kier alpha value is -2.01. The van der Waals surface area contributed by atoms with Crippen molar-refractivity contribution < 1.29 is 9.47 Å². The van der Waals surface area contributed by atoms with Crippen LogP contribution < -0.4 is 14.8 Å². The fraction of sp³-hybridized carbons (Fsp3) is 0.308. The molecule has 0 saturated heterocycles. The van der Waals surface area contributed by atoms with Crippen molar-refractivity contribution in [3.05, 3.63) is 29.5 Å². The highest BCUT2D eigenvalue weighted by Gasteiger charge is 2.17. The van der Waals surface area contributed by atoms with Crippen LogP contribution in [0.4, 0.5) is 0 Å². The van der Waals surface area contributed by atoms with Crippen LogP contribution in [0.15, 0.2) is 18.2 Å². The molecule has 1 aromatic heterocycles. The van der Waals surface area contributed by atoms with Gasteiger partial charge in [0.15, 0.2) is 11.5 Å². The lowest BCUT2D eigenvalue weighted by Crippen LogP contribution is -2.04. The van der Waals surface area contributed by atoms with Gasteiger partial charge in [0.25, 0.3) is 0 Å². The van der Waals surface area contributed by atoms with Gasteiger partial charge >= 0.3 is 0 Å². The zero-order valence-electron chi connectivity index (χ0n) is 10.4. The molecule has 18 heavy (non-hydrogen) atoms. The molecule has 2 heterocycles. The number of hydrogen-bond donors (Lipinski definition) is 2. The molecule has 0 bridgehead atoms. The second kappa shape index (κ2) is 4.34. The van der Waals surface area contributed by atoms with Gasteiger partial charge in [-0.1, -0.05) is 0 Å². The maximum atomic E-state index is 5.40. The molecule has 0 saturated carbocycles. The number of fused-ring (bicyclic) bond motifs is 1. The Morgan fingerprint density at radius 1 is 1.28 bits per heavy atom. The third-order valence-corrected chi connectivity index (χ3v) is 2.99. The van der Waals surface area contributed by atoms with Crippen molar-refractivity contribution in [3.63, 3.8) is 0 Å². The summed E-state index contributed by atoms with van der Waals surface area (Å²) in [6.07, 6.45) is 0. The number of ether oxygens (including phenoxy) is 2. The number of benzene rings is 1. The van der Waals surface area contributed by atoms with E-state index in [2.05, 4.69) is 15.5 Å². The molecule has 0 fully saturated rings. The number of nitrogens with one attached hydrogen (secondary N) is 2. The lowest BCUT2D eigenvalue weighted by molar-refractivity contribution is 0.174. The fourth-order valence-electron chi connectivity index (χ4n) is 2.10. The van der Waals surface area contributed by atoms with Gasteiger partial charge in [0.1, 0.15) is 0 Å². The van der Waals surface area contributed by atoms with E-state index in [1.165, 1.54) is 0 Å². The lowest BCUT2D eigenvalue weighted by Gasteiger charge is -2.04. The smallest absolute Gasteiger partial charge is 0.231 e. The second-order valence-electron chi connectivity index (χ2n) is 4.33. The van der Waals surface area contributed by atoms with E-state index in [1.807, 2.05) is 32.2 Å². The van der Waals surface area contributed by atoms with Crippen LogP contribution in [0.1, 0.15) is 11.3 Å². The van der Waals surface area contributed by atoms with Gasteiger partial charge in [-0.2, -0.15) is 5.10 Å². The minimum Gasteiger partial charge on any atom is -0.454 e. The standard InChI is InChI=1S/C13H15N3O2/c1-8-3-12-13(18-7-17-12)5-10(8)11-4-9(6-14-2)15-16-11/h3-5,14H,6-7H2,1-2H3,(H,15,16). The summed E-state index contributed by atoms with van der Waals surface area (Å²) in [7, 11) is 1.91. The quantitative estimate of drug-likeness (QED) is 0.866. The van der Waals surface area contributed by atoms with E-state index in [4.69, 9.17) is 9.47 Å². The minimum atomic E-state index is 0.295. The van der Waals surface area contributed by atoms with E-state index in [0.29, 0.717) is 6.79 Å². The predicted molar refractivity (Wildman–Crippen MR) is 67.6 cm³/mol. The molecular formula is C13H15N3O2. The Morgan fingerprint density at radius 2 is 2.06 bits per heavy atom. The summed E-state index contributed by atoms with van der Waals surface area (Å²) < 4.78 is 10.8. The Morgan fingerprint density at radius 3 is 2.83 bits per heavy atom. The molecule has 2 N–H and O–H groups in total. The van der Waals surface area contributed by atoms with Crippen LogP contribution in [0.3, 0.4) is 0 Å². The summed E-state index contributed by atoms with van der Waals surface area (Å²) in [6, 6.07) is 6.02. The summed E-state index contributed by atoms with van der Waals surface area (Å²) in [6.45, 7) is 3.12. The summed E-state index contributed by atoms with van der Waals surface area (Å²) in [5.41, 5.74) is 4.18. The van der Waals surface area contributed by atoms with Crippen molar-refractivity contribution in [1.82, 2.24) is 15.5 Å². The van der Waals surface area contributed by atoms with E-state index in [1.54, 1.807) is 0 Å². The van der Waals surface area contributed by atoms with Gasteiger partial charge in [0.05, 0.1) is 5.69 Å². The molecule has 5 nitrogen and oxygen atoms in total. The van der Waals surface area contributed by atoms with E-state index < -0.39 is 0 Å². The summed E-state index contributed by atoms with van der Waals surface area (Å²) >= 11 is 0. The molecule has 0 spiro atoms. The molecule has 3 rings (SSSR count). The third-order valence-electron chi connectivity index (χ3n) is 2.99. The third kappa shape index (κ3) is 1.82. The molecule has 94 valence electrons. The number of aryl methyl sites for hydroxylation is 1. The van der Waals surface area contributed by atoms with Crippen molar-refractivity contribution in [1.29, 1.82) is 0 Å². The first-order valence-electron chi connectivity index (χ1n) is 5.87. The lowest BCUT2D eigenvalue weighted by atomic mass is 10.0. The molecule has 0 radical (unpaired) electrons. The molecule has 2 aromatic rings. The van der Waals surface area contributed by atoms with E-state index in [9.17, 15) is 0 Å². The molecule has 0 atom stereocenters. The van der Waals surface area contributed by atoms with Crippen LogP contribution >= 0.6 is 0 Å². The van der Waals surface area contributed by atoms with Gasteiger partial charge in [-0.3, -0.25) is 5.10 Å². The molecule has 1 aliphatic rings. The highest BCUT2D eigenvalue weighted by atomic mass is 16.7. The zero-order valence-corrected chi connectivity index (χ0v) is 10.4. The Labute approximate surface area is 105 Å². The van der Waals surface area contributed by atoms with Crippen LogP contribution in [-0.4, -0.2) is 24.0 Å². The van der Waals surface area contributed by atoms with Crippen molar-refractivity contribution >= 4 is 0 Å². The normalized spacial score (nSPS) is 13.0. The first-order valence-corrected chi connectivity index (χ1v) is 5.87. The molecular weight excluding hydrogens is 230 g/mol. The number of nitrogens with zero attached hydrogens (tertiary/aromatic N) is 1. The molecule has 5 heteroatoms. The average molecular weight is 245 g/mol. The van der Waals surface area contributed by atoms with Gasteiger partial charge in [-0.25, -0.2) is 0 Å². The van der Waals surface area contributed by atoms with Crippen LogP contribution in [0.2, 0.25) is 0 Å². The van der Waals surface area contributed by atoms with Gasteiger partial charge in [0.2, 0.25) is 6.79 Å². The molecule has 0 amide bonds. The number of aromatic amines is 1. The minimum absolute atomic E-state index is 0.295. The van der Waals surface area contributed by atoms with Crippen LogP contribution in [0.5, 0.6) is 11.5 Å². The average Bonchev–Trinajstić information content (AvgIpc) is 2.96. The Kier molecular flexibility index (Phi) is 2.68. The number of H-pyrrole nitrogens is 1. The zero-order chi connectivity index (χ0) is 12.5. The van der Waals surface area contributed by atoms with Crippen molar-refractivity contribution in [2.24, 2.45) is 0 Å². The molecule has 0 aliphatic carbocycles. The summed E-state index contributed by atoms with van der Waals surface area (Å²) in [4.78, 5) is 0. The largest absolute Gasteiger partial charge is 0.454 e. The first-order chi connectivity index (χ1) is 8.78. The second-order valence-corrected chi connectivity index (χ2v) is 4.33. The monoisotopic (exact) mass is 245 g/mol. The number of aromatic nitrogens is 2. The van der Waals surface area contributed by atoms with Gasteiger partial charge in [0, 0.05) is 17.8 Å². The SMILES string of the molecule is CNCc1cc(-c2cc3c(cc2C)OCO3)n[nH]1. The van der Waals surface area contributed by atoms with E-state index in [-0.39, 0.29) is 0 Å². The first kappa shape index (κ1) is 11.1. The highest BCUT2D eigenvalue weighted by Crippen LogP contribution is 2.37. The van der Waals surface area contributed by atoms with Gasteiger partial charge < -0.3 is 14.8 Å². The molecule has 1 aromatic carbocycles. The van der Waals surface area contributed by atoms with Crippen molar-refractivity contribution in [2.45, 2.75) is 13.5 Å². The van der Waals surface area contributed by atoms with Crippen LogP contribution in [0.25, 0.3) is 11.3 Å². The molecule has 1 aliphatic heterocycles. The van der Waals surface area contributed by atoms with Crippen LogP contribution in [-0.2, 0) is 6.54 Å². The summed E-state index contributed by atoms with van der Waals surface area (Å²) in [5.74, 6) is 1.59. The van der Waals surface area contributed by atoms with E-state index in [0.717, 1.165) is 40.6 Å². The predicted octanol–water partition coefficient (Wildman–Crippen LogP) is 1.83. The maximum absolute atomic E-state index is 5.40. The number of hydrogen-bond acceptors (Lipinski definition) is 4. The maximum Gasteiger partial charge on any atom is 0.231 e. The highest BCUT2D eigenvalue weighted by molar-refractivity contribution is 5.68. The van der Waals surface area contributed by atoms with Gasteiger partial charge in [-0.05, 0) is 37.7 Å². The Balaban J connectivity index is 2.00. The Bertz CT molecular complexity index is 578. The van der Waals surface area contributed by atoms with Crippen molar-refractivity contribution in [3.8, 4) is 22.8 Å². The number of rotatable bonds is 3. The van der Waals surface area contributed by atoms with Crippen molar-refractivity contribution in [2.75, 3.05) is 13.8 Å². The van der Waals surface area contributed by atoms with Crippen LogP contribution in [0, 0.1) is 6.92 Å². The fourth-order valence-corrected chi connectivity index (χ4v) is 2.10. The summed E-state index contributed by atoms with van der Waals surface area (Å²) in [5, 5.41) is 10.4. The molecule has 0 unspecified atom stereocenters. The van der Waals surface area contributed by atoms with Gasteiger partial charge in [-0.15, -0.1) is 0 Å². The van der Waals surface area contributed by atoms with E-state index >= 15 is 0 Å².